The number of hydrogen-bond acceptors (Lipinski definition) is 6. The number of carbonyl (C=O) groups is 1. The second-order valence-electron chi connectivity index (χ2n) is 6.77. The number of carbonyl (C=O) groups excluding carboxylic acids is 1. The summed E-state index contributed by atoms with van der Waals surface area (Å²) in [7, 11) is 0. The molecule has 0 spiro atoms. The van der Waals surface area contributed by atoms with Crippen LogP contribution in [0.1, 0.15) is 21.5 Å². The zero-order valence-electron chi connectivity index (χ0n) is 15.5. The van der Waals surface area contributed by atoms with Gasteiger partial charge in [-0.1, -0.05) is 12.1 Å². The van der Waals surface area contributed by atoms with Crippen LogP contribution in [0, 0.1) is 0 Å². The number of rotatable bonds is 5. The van der Waals surface area contributed by atoms with Crippen molar-refractivity contribution in [3.05, 3.63) is 77.6 Å². The maximum Gasteiger partial charge on any atom is 0.254 e. The number of amides is 1. The van der Waals surface area contributed by atoms with Gasteiger partial charge in [0.2, 0.25) is 13.6 Å². The molecule has 0 radical (unpaired) electrons. The average Bonchev–Trinajstić information content (AvgIpc) is 3.42. The van der Waals surface area contributed by atoms with E-state index in [0.717, 1.165) is 22.6 Å². The van der Waals surface area contributed by atoms with Gasteiger partial charge in [0.05, 0.1) is 0 Å². The Morgan fingerprint density at radius 3 is 1.83 bits per heavy atom. The van der Waals surface area contributed by atoms with Gasteiger partial charge in [-0.3, -0.25) is 9.78 Å². The Kier molecular flexibility index (Phi) is 4.40. The highest BCUT2D eigenvalue weighted by Gasteiger charge is 2.21. The monoisotopic (exact) mass is 390 g/mol. The van der Waals surface area contributed by atoms with Crippen molar-refractivity contribution in [2.45, 2.75) is 13.1 Å². The lowest BCUT2D eigenvalue weighted by Crippen LogP contribution is -2.30. The molecule has 5 rings (SSSR count). The maximum atomic E-state index is 13.2. The van der Waals surface area contributed by atoms with Crippen molar-refractivity contribution in [2.75, 3.05) is 13.6 Å². The first-order valence-electron chi connectivity index (χ1n) is 9.22. The summed E-state index contributed by atoms with van der Waals surface area (Å²) in [5, 5.41) is 0. The molecule has 2 aliphatic heterocycles. The molecule has 0 unspecified atom stereocenters. The zero-order valence-corrected chi connectivity index (χ0v) is 15.5. The molecular formula is C22H18N2O5. The van der Waals surface area contributed by atoms with Crippen LogP contribution in [0.3, 0.4) is 0 Å². The van der Waals surface area contributed by atoms with Crippen LogP contribution in [0.15, 0.2) is 60.9 Å². The number of ether oxygens (including phenoxy) is 4. The van der Waals surface area contributed by atoms with Gasteiger partial charge < -0.3 is 23.8 Å². The summed E-state index contributed by atoms with van der Waals surface area (Å²) >= 11 is 0. The van der Waals surface area contributed by atoms with Crippen LogP contribution in [0.4, 0.5) is 0 Å². The zero-order chi connectivity index (χ0) is 19.6. The largest absolute Gasteiger partial charge is 0.454 e. The third-order valence-corrected chi connectivity index (χ3v) is 4.84. The van der Waals surface area contributed by atoms with Crippen molar-refractivity contribution in [2.24, 2.45) is 0 Å². The Labute approximate surface area is 167 Å². The molecule has 146 valence electrons. The molecule has 0 saturated heterocycles. The van der Waals surface area contributed by atoms with Crippen molar-refractivity contribution in [3.63, 3.8) is 0 Å². The van der Waals surface area contributed by atoms with E-state index in [9.17, 15) is 4.79 Å². The van der Waals surface area contributed by atoms with E-state index >= 15 is 0 Å². The lowest BCUT2D eigenvalue weighted by atomic mass is 10.1. The van der Waals surface area contributed by atoms with Gasteiger partial charge in [-0.25, -0.2) is 0 Å². The molecule has 0 atom stereocenters. The molecule has 29 heavy (non-hydrogen) atoms. The van der Waals surface area contributed by atoms with Crippen LogP contribution >= 0.6 is 0 Å². The standard InChI is InChI=1S/C22H18N2O5/c25-22(17-5-7-23-8-6-17)24(11-15-1-3-18-20(9-15)28-13-26-18)12-16-2-4-19-21(10-16)29-14-27-19/h1-10H,11-14H2. The van der Waals surface area contributed by atoms with Crippen LogP contribution in [-0.2, 0) is 13.1 Å². The highest BCUT2D eigenvalue weighted by atomic mass is 16.7. The average molecular weight is 390 g/mol. The highest BCUT2D eigenvalue weighted by molar-refractivity contribution is 5.94. The number of fused-ring (bicyclic) bond motifs is 2. The van der Waals surface area contributed by atoms with Gasteiger partial charge in [-0.15, -0.1) is 0 Å². The lowest BCUT2D eigenvalue weighted by molar-refractivity contribution is 0.0729. The Hall–Kier alpha value is -3.74. The predicted molar refractivity (Wildman–Crippen MR) is 103 cm³/mol. The van der Waals surface area contributed by atoms with E-state index in [4.69, 9.17) is 18.9 Å². The number of pyridine rings is 1. The summed E-state index contributed by atoms with van der Waals surface area (Å²) < 4.78 is 21.7. The molecule has 7 nitrogen and oxygen atoms in total. The smallest absolute Gasteiger partial charge is 0.254 e. The molecule has 2 aliphatic rings. The van der Waals surface area contributed by atoms with Gasteiger partial charge in [-0.05, 0) is 47.5 Å². The molecule has 0 N–H and O–H groups in total. The van der Waals surface area contributed by atoms with Crippen LogP contribution in [0.5, 0.6) is 23.0 Å². The van der Waals surface area contributed by atoms with Gasteiger partial charge in [0.25, 0.3) is 5.91 Å². The Morgan fingerprint density at radius 1 is 0.759 bits per heavy atom. The Morgan fingerprint density at radius 2 is 1.28 bits per heavy atom. The SMILES string of the molecule is O=C(c1ccncc1)N(Cc1ccc2c(c1)OCO2)Cc1ccc2c(c1)OCO2. The fourth-order valence-corrected chi connectivity index (χ4v) is 3.40. The molecule has 0 fully saturated rings. The molecule has 7 heteroatoms. The minimum Gasteiger partial charge on any atom is -0.454 e. The quantitative estimate of drug-likeness (QED) is 0.665. The van der Waals surface area contributed by atoms with Gasteiger partial charge >= 0.3 is 0 Å². The van der Waals surface area contributed by atoms with Crippen molar-refractivity contribution < 1.29 is 23.7 Å². The van der Waals surface area contributed by atoms with E-state index in [1.165, 1.54) is 0 Å². The summed E-state index contributed by atoms with van der Waals surface area (Å²) in [4.78, 5) is 19.0. The second-order valence-corrected chi connectivity index (χ2v) is 6.77. The van der Waals surface area contributed by atoms with Crippen molar-refractivity contribution >= 4 is 5.91 Å². The first-order chi connectivity index (χ1) is 14.3. The fourth-order valence-electron chi connectivity index (χ4n) is 3.40. The number of nitrogens with zero attached hydrogens (tertiary/aromatic N) is 2. The van der Waals surface area contributed by atoms with Crippen LogP contribution in [-0.4, -0.2) is 29.4 Å². The summed E-state index contributed by atoms with van der Waals surface area (Å²) in [5.74, 6) is 2.75. The molecule has 1 aromatic heterocycles. The summed E-state index contributed by atoms with van der Waals surface area (Å²) in [6.07, 6.45) is 3.24. The predicted octanol–water partition coefficient (Wildman–Crippen LogP) is 3.38. The van der Waals surface area contributed by atoms with E-state index in [0.29, 0.717) is 30.2 Å². The topological polar surface area (TPSA) is 70.1 Å². The molecule has 3 aromatic rings. The Bertz CT molecular complexity index is 995. The maximum absolute atomic E-state index is 13.2. The minimum absolute atomic E-state index is 0.0808. The van der Waals surface area contributed by atoms with Crippen LogP contribution in [0.25, 0.3) is 0 Å². The second kappa shape index (κ2) is 7.35. The molecule has 0 aliphatic carbocycles. The van der Waals surface area contributed by atoms with Gasteiger partial charge in [0, 0.05) is 31.0 Å². The number of hydrogen-bond donors (Lipinski definition) is 0. The van der Waals surface area contributed by atoms with Gasteiger partial charge in [0.15, 0.2) is 23.0 Å². The molecule has 3 heterocycles. The van der Waals surface area contributed by atoms with Crippen molar-refractivity contribution in [1.29, 1.82) is 0 Å². The number of aromatic nitrogens is 1. The third kappa shape index (κ3) is 3.54. The minimum atomic E-state index is -0.0808. The molecule has 1 amide bonds. The molecule has 0 saturated carbocycles. The van der Waals surface area contributed by atoms with E-state index in [1.807, 2.05) is 36.4 Å². The first-order valence-corrected chi connectivity index (χ1v) is 9.22. The van der Waals surface area contributed by atoms with E-state index in [2.05, 4.69) is 4.98 Å². The van der Waals surface area contributed by atoms with Crippen molar-refractivity contribution in [1.82, 2.24) is 9.88 Å². The van der Waals surface area contributed by atoms with E-state index in [1.54, 1.807) is 29.4 Å². The highest BCUT2D eigenvalue weighted by Crippen LogP contribution is 2.34. The lowest BCUT2D eigenvalue weighted by Gasteiger charge is -2.23. The fraction of sp³-hybridized carbons (Fsp3) is 0.182. The normalized spacial score (nSPS) is 13.4. The molecule has 2 aromatic carbocycles. The summed E-state index contributed by atoms with van der Waals surface area (Å²) in [6, 6.07) is 14.9. The van der Waals surface area contributed by atoms with E-state index < -0.39 is 0 Å². The van der Waals surface area contributed by atoms with Gasteiger partial charge in [0.1, 0.15) is 0 Å². The summed E-state index contributed by atoms with van der Waals surface area (Å²) in [5.41, 5.74) is 2.50. The summed E-state index contributed by atoms with van der Waals surface area (Å²) in [6.45, 7) is 1.28. The van der Waals surface area contributed by atoms with Crippen molar-refractivity contribution in [3.8, 4) is 23.0 Å². The first kappa shape index (κ1) is 17.4. The number of benzene rings is 2. The van der Waals surface area contributed by atoms with Gasteiger partial charge in [-0.2, -0.15) is 0 Å². The molecular weight excluding hydrogens is 372 g/mol. The van der Waals surface area contributed by atoms with E-state index in [-0.39, 0.29) is 19.5 Å². The Balaban J connectivity index is 1.43. The van der Waals surface area contributed by atoms with Crippen LogP contribution < -0.4 is 18.9 Å². The molecule has 0 bridgehead atoms. The van der Waals surface area contributed by atoms with Crippen LogP contribution in [0.2, 0.25) is 0 Å². The third-order valence-electron chi connectivity index (χ3n) is 4.84.